The van der Waals surface area contributed by atoms with Crippen molar-refractivity contribution in [3.63, 3.8) is 0 Å². The molecule has 0 saturated carbocycles. The second-order valence-electron chi connectivity index (χ2n) is 6.39. The van der Waals surface area contributed by atoms with Gasteiger partial charge in [-0.2, -0.15) is 5.10 Å². The molecule has 0 spiro atoms. The number of amides is 1. The van der Waals surface area contributed by atoms with Gasteiger partial charge in [-0.05, 0) is 25.0 Å². The first kappa shape index (κ1) is 15.6. The summed E-state index contributed by atoms with van der Waals surface area (Å²) in [7, 11) is 1.87. The number of nitrogens with zero attached hydrogens (tertiary/aromatic N) is 5. The molecule has 3 aromatic rings. The van der Waals surface area contributed by atoms with Crippen molar-refractivity contribution in [2.75, 3.05) is 6.54 Å². The second kappa shape index (κ2) is 6.16. The molecule has 2 aromatic heterocycles. The fraction of sp³-hybridized carbons (Fsp3) is 0.333. The van der Waals surface area contributed by atoms with E-state index in [2.05, 4.69) is 10.1 Å². The van der Waals surface area contributed by atoms with Crippen molar-refractivity contribution in [3.05, 3.63) is 58.9 Å². The van der Waals surface area contributed by atoms with E-state index in [0.717, 1.165) is 18.4 Å². The Morgan fingerprint density at radius 2 is 2.16 bits per heavy atom. The molecule has 1 unspecified atom stereocenters. The number of hydrogen-bond donors (Lipinski definition) is 0. The highest BCUT2D eigenvalue weighted by atomic mass is 16.2. The average molecular weight is 337 g/mol. The van der Waals surface area contributed by atoms with Crippen LogP contribution >= 0.6 is 0 Å². The summed E-state index contributed by atoms with van der Waals surface area (Å²) in [5, 5.41) is 4.73. The molecule has 1 amide bonds. The van der Waals surface area contributed by atoms with Crippen LogP contribution in [0.2, 0.25) is 0 Å². The molecule has 7 heteroatoms. The van der Waals surface area contributed by atoms with E-state index in [-0.39, 0.29) is 24.1 Å². The lowest BCUT2D eigenvalue weighted by molar-refractivity contribution is -0.132. The normalized spacial score (nSPS) is 17.3. The number of benzene rings is 1. The van der Waals surface area contributed by atoms with E-state index in [0.29, 0.717) is 17.4 Å². The fourth-order valence-electron chi connectivity index (χ4n) is 3.48. The standard InChI is InChI=1S/C18H19N5O2/c1-21-10-13(9-20-21)16-7-4-8-23(16)17(24)11-22-12-19-15-6-3-2-5-14(15)18(22)25/h2-3,5-6,9-10,12,16H,4,7-8,11H2,1H3. The first-order valence-corrected chi connectivity index (χ1v) is 8.35. The van der Waals surface area contributed by atoms with Crippen molar-refractivity contribution in [1.29, 1.82) is 0 Å². The summed E-state index contributed by atoms with van der Waals surface area (Å²) >= 11 is 0. The van der Waals surface area contributed by atoms with Gasteiger partial charge in [0.25, 0.3) is 5.56 Å². The number of aryl methyl sites for hydroxylation is 1. The Kier molecular flexibility index (Phi) is 3.83. The number of aromatic nitrogens is 4. The van der Waals surface area contributed by atoms with Gasteiger partial charge in [0.1, 0.15) is 6.54 Å². The molecule has 0 aliphatic carbocycles. The van der Waals surface area contributed by atoms with Crippen LogP contribution in [0.1, 0.15) is 24.4 Å². The summed E-state index contributed by atoms with van der Waals surface area (Å²) in [4.78, 5) is 31.5. The molecule has 0 bridgehead atoms. The zero-order valence-electron chi connectivity index (χ0n) is 14.0. The maximum Gasteiger partial charge on any atom is 0.261 e. The first-order chi connectivity index (χ1) is 12.1. The van der Waals surface area contributed by atoms with E-state index in [1.165, 1.54) is 10.9 Å². The highest BCUT2D eigenvalue weighted by molar-refractivity contribution is 5.79. The van der Waals surface area contributed by atoms with Crippen LogP contribution in [0, 0.1) is 0 Å². The van der Waals surface area contributed by atoms with E-state index in [1.807, 2.05) is 24.2 Å². The minimum absolute atomic E-state index is 0.00737. The zero-order chi connectivity index (χ0) is 17.4. The van der Waals surface area contributed by atoms with Gasteiger partial charge in [-0.3, -0.25) is 18.8 Å². The van der Waals surface area contributed by atoms with Gasteiger partial charge in [0.05, 0.1) is 29.5 Å². The third kappa shape index (κ3) is 2.82. The predicted octanol–water partition coefficient (Wildman–Crippen LogP) is 1.49. The van der Waals surface area contributed by atoms with Crippen LogP contribution in [0.25, 0.3) is 10.9 Å². The van der Waals surface area contributed by atoms with Crippen molar-refractivity contribution in [2.45, 2.75) is 25.4 Å². The topological polar surface area (TPSA) is 73.0 Å². The Bertz CT molecular complexity index is 990. The molecular weight excluding hydrogens is 318 g/mol. The molecule has 7 nitrogen and oxygen atoms in total. The van der Waals surface area contributed by atoms with Crippen molar-refractivity contribution in [2.24, 2.45) is 7.05 Å². The predicted molar refractivity (Wildman–Crippen MR) is 92.9 cm³/mol. The van der Waals surface area contributed by atoms with Gasteiger partial charge in [-0.15, -0.1) is 0 Å². The summed E-state index contributed by atoms with van der Waals surface area (Å²) in [6, 6.07) is 7.20. The quantitative estimate of drug-likeness (QED) is 0.726. The molecule has 1 fully saturated rings. The van der Waals surface area contributed by atoms with Gasteiger partial charge >= 0.3 is 0 Å². The Balaban J connectivity index is 1.59. The van der Waals surface area contributed by atoms with Crippen LogP contribution in [0.4, 0.5) is 0 Å². The maximum atomic E-state index is 12.8. The van der Waals surface area contributed by atoms with Gasteiger partial charge < -0.3 is 4.90 Å². The van der Waals surface area contributed by atoms with Crippen LogP contribution in [0.3, 0.4) is 0 Å². The van der Waals surface area contributed by atoms with E-state index >= 15 is 0 Å². The van der Waals surface area contributed by atoms with E-state index in [4.69, 9.17) is 0 Å². The number of para-hydroxylation sites is 1. The summed E-state index contributed by atoms with van der Waals surface area (Å²) in [5.41, 5.74) is 1.50. The number of rotatable bonds is 3. The smallest absolute Gasteiger partial charge is 0.261 e. The highest BCUT2D eigenvalue weighted by Gasteiger charge is 2.30. The van der Waals surface area contributed by atoms with Gasteiger partial charge in [0, 0.05) is 25.4 Å². The molecular formula is C18H19N5O2. The molecule has 25 heavy (non-hydrogen) atoms. The van der Waals surface area contributed by atoms with E-state index in [9.17, 15) is 9.59 Å². The molecule has 1 aliphatic rings. The monoisotopic (exact) mass is 337 g/mol. The maximum absolute atomic E-state index is 12.8. The van der Waals surface area contributed by atoms with Crippen molar-refractivity contribution in [3.8, 4) is 0 Å². The summed E-state index contributed by atoms with van der Waals surface area (Å²) in [5.74, 6) is -0.0643. The average Bonchev–Trinajstić information content (AvgIpc) is 3.26. The Morgan fingerprint density at radius 3 is 2.96 bits per heavy atom. The molecule has 1 aromatic carbocycles. The lowest BCUT2D eigenvalue weighted by Gasteiger charge is -2.24. The van der Waals surface area contributed by atoms with E-state index in [1.54, 1.807) is 29.1 Å². The largest absolute Gasteiger partial charge is 0.334 e. The molecule has 0 radical (unpaired) electrons. The van der Waals surface area contributed by atoms with Gasteiger partial charge in [-0.25, -0.2) is 4.98 Å². The third-order valence-electron chi connectivity index (χ3n) is 4.72. The molecule has 0 N–H and O–H groups in total. The highest BCUT2D eigenvalue weighted by Crippen LogP contribution is 2.31. The van der Waals surface area contributed by atoms with Crippen LogP contribution < -0.4 is 5.56 Å². The van der Waals surface area contributed by atoms with Crippen LogP contribution in [0.5, 0.6) is 0 Å². The van der Waals surface area contributed by atoms with Crippen LogP contribution in [0.15, 0.2) is 47.8 Å². The number of carbonyl (C=O) groups excluding carboxylic acids is 1. The molecule has 128 valence electrons. The summed E-state index contributed by atoms with van der Waals surface area (Å²) in [6.07, 6.45) is 7.08. The minimum Gasteiger partial charge on any atom is -0.334 e. The Labute approximate surface area is 144 Å². The van der Waals surface area contributed by atoms with Gasteiger partial charge in [-0.1, -0.05) is 12.1 Å². The Morgan fingerprint density at radius 1 is 1.32 bits per heavy atom. The fourth-order valence-corrected chi connectivity index (χ4v) is 3.48. The molecule has 1 saturated heterocycles. The lowest BCUT2D eigenvalue weighted by atomic mass is 10.1. The molecule has 1 aliphatic heterocycles. The number of carbonyl (C=O) groups is 1. The molecule has 1 atom stereocenters. The van der Waals surface area contributed by atoms with E-state index < -0.39 is 0 Å². The summed E-state index contributed by atoms with van der Waals surface area (Å²) < 4.78 is 3.14. The zero-order valence-corrected chi connectivity index (χ0v) is 14.0. The SMILES string of the molecule is Cn1cc(C2CCCN2C(=O)Cn2cnc3ccccc3c2=O)cn1. The van der Waals surface area contributed by atoms with Crippen molar-refractivity contribution < 1.29 is 4.79 Å². The van der Waals surface area contributed by atoms with Crippen LogP contribution in [-0.2, 0) is 18.4 Å². The number of hydrogen-bond acceptors (Lipinski definition) is 4. The molecule has 3 heterocycles. The third-order valence-corrected chi connectivity index (χ3v) is 4.72. The minimum atomic E-state index is -0.184. The van der Waals surface area contributed by atoms with Gasteiger partial charge in [0.15, 0.2) is 0 Å². The lowest BCUT2D eigenvalue weighted by Crippen LogP contribution is -2.36. The summed E-state index contributed by atoms with van der Waals surface area (Å²) in [6.45, 7) is 0.710. The second-order valence-corrected chi connectivity index (χ2v) is 6.39. The number of likely N-dealkylation sites (tertiary alicyclic amines) is 1. The van der Waals surface area contributed by atoms with Crippen LogP contribution in [-0.4, -0.2) is 36.7 Å². The van der Waals surface area contributed by atoms with Crippen molar-refractivity contribution in [1.82, 2.24) is 24.2 Å². The molecule has 4 rings (SSSR count). The van der Waals surface area contributed by atoms with Crippen molar-refractivity contribution >= 4 is 16.8 Å². The first-order valence-electron chi connectivity index (χ1n) is 8.35. The van der Waals surface area contributed by atoms with Gasteiger partial charge in [0.2, 0.25) is 5.91 Å². The Hall–Kier alpha value is -2.96. The number of fused-ring (bicyclic) bond motifs is 1.